The predicted octanol–water partition coefficient (Wildman–Crippen LogP) is 4.55. The summed E-state index contributed by atoms with van der Waals surface area (Å²) in [5.41, 5.74) is 0.963. The van der Waals surface area contributed by atoms with E-state index in [0.717, 1.165) is 16.9 Å². The Labute approximate surface area is 119 Å². The number of aliphatic carboxylic acids is 1. The normalized spacial score (nSPS) is 18.2. The van der Waals surface area contributed by atoms with Crippen LogP contribution < -0.4 is 0 Å². The van der Waals surface area contributed by atoms with Gasteiger partial charge in [0.2, 0.25) is 0 Å². The number of rotatable bonds is 5. The van der Waals surface area contributed by atoms with Crippen molar-refractivity contribution in [2.24, 2.45) is 5.92 Å². The number of hydrogen-bond donors (Lipinski definition) is 1. The van der Waals surface area contributed by atoms with E-state index in [2.05, 4.69) is 0 Å². The standard InChI is InChI=1S/C16H22O2S/c1-19-14-9-5-8-13(11-14)15(16(17)18)10-12-6-3-2-4-7-12/h5,8-9,11-12,15H,2-4,6-7,10H2,1H3,(H,17,18). The second kappa shape index (κ2) is 6.99. The maximum atomic E-state index is 11.6. The third-order valence-corrected chi connectivity index (χ3v) is 4.81. The zero-order valence-corrected chi connectivity index (χ0v) is 12.3. The lowest BCUT2D eigenvalue weighted by atomic mass is 9.80. The van der Waals surface area contributed by atoms with Gasteiger partial charge in [-0.25, -0.2) is 0 Å². The van der Waals surface area contributed by atoms with E-state index in [-0.39, 0.29) is 5.92 Å². The van der Waals surface area contributed by atoms with E-state index < -0.39 is 5.97 Å². The lowest BCUT2D eigenvalue weighted by molar-refractivity contribution is -0.139. The molecule has 1 aliphatic rings. The summed E-state index contributed by atoms with van der Waals surface area (Å²) in [6, 6.07) is 8.00. The molecule has 2 nitrogen and oxygen atoms in total. The first kappa shape index (κ1) is 14.4. The molecule has 2 rings (SSSR count). The molecule has 3 heteroatoms. The Bertz CT molecular complexity index is 425. The van der Waals surface area contributed by atoms with Gasteiger partial charge in [-0.05, 0) is 36.3 Å². The van der Waals surface area contributed by atoms with Crippen molar-refractivity contribution in [3.8, 4) is 0 Å². The number of carbonyl (C=O) groups is 1. The topological polar surface area (TPSA) is 37.3 Å². The molecule has 0 amide bonds. The van der Waals surface area contributed by atoms with E-state index in [4.69, 9.17) is 0 Å². The van der Waals surface area contributed by atoms with Crippen LogP contribution in [0.25, 0.3) is 0 Å². The predicted molar refractivity (Wildman–Crippen MR) is 79.8 cm³/mol. The fraction of sp³-hybridized carbons (Fsp3) is 0.562. The molecular formula is C16H22O2S. The van der Waals surface area contributed by atoms with Crippen molar-refractivity contribution in [2.45, 2.75) is 49.3 Å². The highest BCUT2D eigenvalue weighted by atomic mass is 32.2. The van der Waals surface area contributed by atoms with E-state index in [1.54, 1.807) is 11.8 Å². The number of carboxylic acid groups (broad SMARTS) is 1. The minimum Gasteiger partial charge on any atom is -0.481 e. The van der Waals surface area contributed by atoms with E-state index >= 15 is 0 Å². The van der Waals surface area contributed by atoms with Gasteiger partial charge in [0.25, 0.3) is 0 Å². The van der Waals surface area contributed by atoms with E-state index in [1.807, 2.05) is 30.5 Å². The Morgan fingerprint density at radius 3 is 2.74 bits per heavy atom. The van der Waals surface area contributed by atoms with Gasteiger partial charge in [0.05, 0.1) is 5.92 Å². The van der Waals surface area contributed by atoms with Gasteiger partial charge in [-0.15, -0.1) is 11.8 Å². The van der Waals surface area contributed by atoms with Crippen LogP contribution in [0.5, 0.6) is 0 Å². The van der Waals surface area contributed by atoms with Crippen LogP contribution in [0.4, 0.5) is 0 Å². The summed E-state index contributed by atoms with van der Waals surface area (Å²) in [6.07, 6.45) is 9.07. The summed E-state index contributed by atoms with van der Waals surface area (Å²) in [5.74, 6) is -0.424. The Hall–Kier alpha value is -0.960. The van der Waals surface area contributed by atoms with Crippen molar-refractivity contribution in [3.63, 3.8) is 0 Å². The summed E-state index contributed by atoms with van der Waals surface area (Å²) in [6.45, 7) is 0. The zero-order valence-electron chi connectivity index (χ0n) is 11.5. The molecule has 0 aliphatic heterocycles. The molecule has 1 fully saturated rings. The van der Waals surface area contributed by atoms with Crippen LogP contribution in [0.2, 0.25) is 0 Å². The van der Waals surface area contributed by atoms with Crippen molar-refractivity contribution < 1.29 is 9.90 Å². The van der Waals surface area contributed by atoms with E-state index in [1.165, 1.54) is 32.1 Å². The van der Waals surface area contributed by atoms with Crippen LogP contribution in [0.3, 0.4) is 0 Å². The van der Waals surface area contributed by atoms with Gasteiger partial charge in [0.1, 0.15) is 0 Å². The first-order valence-corrected chi connectivity index (χ1v) is 8.30. The fourth-order valence-corrected chi connectivity index (χ4v) is 3.46. The van der Waals surface area contributed by atoms with Crippen LogP contribution in [-0.2, 0) is 4.79 Å². The Morgan fingerprint density at radius 2 is 2.11 bits per heavy atom. The maximum Gasteiger partial charge on any atom is 0.310 e. The molecule has 0 radical (unpaired) electrons. The van der Waals surface area contributed by atoms with Crippen LogP contribution >= 0.6 is 11.8 Å². The van der Waals surface area contributed by atoms with E-state index in [9.17, 15) is 9.90 Å². The number of thioether (sulfide) groups is 1. The smallest absolute Gasteiger partial charge is 0.310 e. The van der Waals surface area contributed by atoms with Gasteiger partial charge in [-0.2, -0.15) is 0 Å². The molecule has 1 atom stereocenters. The van der Waals surface area contributed by atoms with Gasteiger partial charge in [-0.1, -0.05) is 44.2 Å². The molecule has 1 N–H and O–H groups in total. The first-order valence-electron chi connectivity index (χ1n) is 7.07. The Balaban J connectivity index is 2.11. The molecule has 0 heterocycles. The molecule has 104 valence electrons. The average molecular weight is 278 g/mol. The average Bonchev–Trinajstić information content (AvgIpc) is 2.45. The van der Waals surface area contributed by atoms with Crippen molar-refractivity contribution in [1.82, 2.24) is 0 Å². The molecule has 0 saturated heterocycles. The Morgan fingerprint density at radius 1 is 1.37 bits per heavy atom. The molecular weight excluding hydrogens is 256 g/mol. The molecule has 0 spiro atoms. The minimum absolute atomic E-state index is 0.338. The van der Waals surface area contributed by atoms with Crippen LogP contribution in [0, 0.1) is 5.92 Å². The number of hydrogen-bond acceptors (Lipinski definition) is 2. The lowest BCUT2D eigenvalue weighted by Gasteiger charge is -2.25. The van der Waals surface area contributed by atoms with Gasteiger partial charge < -0.3 is 5.11 Å². The van der Waals surface area contributed by atoms with Gasteiger partial charge >= 0.3 is 5.97 Å². The summed E-state index contributed by atoms with van der Waals surface area (Å²) < 4.78 is 0. The monoisotopic (exact) mass is 278 g/mol. The van der Waals surface area contributed by atoms with Gasteiger partial charge in [0, 0.05) is 4.90 Å². The summed E-state index contributed by atoms with van der Waals surface area (Å²) >= 11 is 1.67. The Kier molecular flexibility index (Phi) is 5.32. The zero-order chi connectivity index (χ0) is 13.7. The third kappa shape index (κ3) is 4.00. The molecule has 1 aliphatic carbocycles. The van der Waals surface area contributed by atoms with Gasteiger partial charge in [-0.3, -0.25) is 4.79 Å². The van der Waals surface area contributed by atoms with Crippen molar-refractivity contribution in [2.75, 3.05) is 6.26 Å². The van der Waals surface area contributed by atoms with Crippen molar-refractivity contribution in [1.29, 1.82) is 0 Å². The van der Waals surface area contributed by atoms with Crippen molar-refractivity contribution >= 4 is 17.7 Å². The maximum absolute atomic E-state index is 11.6. The summed E-state index contributed by atoms with van der Waals surface area (Å²) in [4.78, 5) is 12.7. The quantitative estimate of drug-likeness (QED) is 0.803. The molecule has 0 bridgehead atoms. The second-order valence-corrected chi connectivity index (χ2v) is 6.29. The molecule has 1 aromatic carbocycles. The molecule has 19 heavy (non-hydrogen) atoms. The molecule has 1 aromatic rings. The third-order valence-electron chi connectivity index (χ3n) is 4.09. The molecule has 1 unspecified atom stereocenters. The summed E-state index contributed by atoms with van der Waals surface area (Å²) in [5, 5.41) is 9.51. The fourth-order valence-electron chi connectivity index (χ4n) is 2.99. The lowest BCUT2D eigenvalue weighted by Crippen LogP contribution is -2.18. The second-order valence-electron chi connectivity index (χ2n) is 5.41. The number of carboxylic acids is 1. The SMILES string of the molecule is CSc1cccc(C(CC2CCCCC2)C(=O)O)c1. The van der Waals surface area contributed by atoms with Crippen LogP contribution in [-0.4, -0.2) is 17.3 Å². The van der Waals surface area contributed by atoms with E-state index in [0.29, 0.717) is 5.92 Å². The summed E-state index contributed by atoms with van der Waals surface area (Å²) in [7, 11) is 0. The molecule has 1 saturated carbocycles. The van der Waals surface area contributed by atoms with Gasteiger partial charge in [0.15, 0.2) is 0 Å². The highest BCUT2D eigenvalue weighted by molar-refractivity contribution is 7.98. The highest BCUT2D eigenvalue weighted by Gasteiger charge is 2.25. The number of benzene rings is 1. The first-order chi connectivity index (χ1) is 9.20. The minimum atomic E-state index is -0.677. The van der Waals surface area contributed by atoms with Crippen LogP contribution in [0.15, 0.2) is 29.2 Å². The largest absolute Gasteiger partial charge is 0.481 e. The highest BCUT2D eigenvalue weighted by Crippen LogP contribution is 2.34. The molecule has 0 aromatic heterocycles. The van der Waals surface area contributed by atoms with Crippen molar-refractivity contribution in [3.05, 3.63) is 29.8 Å². The van der Waals surface area contributed by atoms with Crippen LogP contribution in [0.1, 0.15) is 50.0 Å².